The van der Waals surface area contributed by atoms with E-state index in [0.29, 0.717) is 16.8 Å². The molecule has 0 unspecified atom stereocenters. The molecule has 0 radical (unpaired) electrons. The summed E-state index contributed by atoms with van der Waals surface area (Å²) in [4.78, 5) is 23.6. The van der Waals surface area contributed by atoms with E-state index in [-0.39, 0.29) is 5.91 Å². The highest BCUT2D eigenvalue weighted by Crippen LogP contribution is 2.31. The van der Waals surface area contributed by atoms with E-state index in [9.17, 15) is 9.59 Å². The number of benzene rings is 2. The van der Waals surface area contributed by atoms with Crippen LogP contribution in [0.15, 0.2) is 63.8 Å². The molecule has 3 rings (SSSR count). The number of carbonyl (C=O) groups excluding carboxylic acids is 1. The van der Waals surface area contributed by atoms with Crippen LogP contribution in [0.4, 0.5) is 5.69 Å². The highest BCUT2D eigenvalue weighted by Gasteiger charge is 2.16. The van der Waals surface area contributed by atoms with Gasteiger partial charge in [0.15, 0.2) is 0 Å². The van der Waals surface area contributed by atoms with E-state index in [1.807, 2.05) is 42.5 Å². The number of carbonyl (C=O) groups is 1. The van der Waals surface area contributed by atoms with Crippen LogP contribution in [-0.2, 0) is 4.79 Å². The van der Waals surface area contributed by atoms with Gasteiger partial charge >= 0.3 is 5.63 Å². The molecule has 0 spiro atoms. The summed E-state index contributed by atoms with van der Waals surface area (Å²) in [7, 11) is 0. The van der Waals surface area contributed by atoms with Crippen LogP contribution >= 0.6 is 0 Å². The Hall–Kier alpha value is -3.08. The van der Waals surface area contributed by atoms with E-state index < -0.39 is 5.63 Å². The Morgan fingerprint density at radius 3 is 2.41 bits per heavy atom. The Balaban J connectivity index is 2.29. The first-order valence-corrected chi connectivity index (χ1v) is 6.80. The number of rotatable bonds is 3. The number of para-hydroxylation sites is 1. The molecule has 22 heavy (non-hydrogen) atoms. The van der Waals surface area contributed by atoms with Crippen LogP contribution in [0.25, 0.3) is 22.1 Å². The van der Waals surface area contributed by atoms with Gasteiger partial charge in [-0.3, -0.25) is 15.6 Å². The first-order valence-electron chi connectivity index (χ1n) is 6.80. The molecule has 0 saturated carbocycles. The largest absolute Gasteiger partial charge is 0.422 e. The molecule has 1 heterocycles. The van der Waals surface area contributed by atoms with Gasteiger partial charge in [-0.1, -0.05) is 42.5 Å². The van der Waals surface area contributed by atoms with Crippen LogP contribution in [-0.4, -0.2) is 5.91 Å². The van der Waals surface area contributed by atoms with Crippen molar-refractivity contribution in [1.29, 1.82) is 0 Å². The monoisotopic (exact) mass is 294 g/mol. The lowest BCUT2D eigenvalue weighted by molar-refractivity contribution is -0.118. The molecule has 2 N–H and O–H groups in total. The average molecular weight is 294 g/mol. The van der Waals surface area contributed by atoms with Gasteiger partial charge in [0.1, 0.15) is 5.58 Å². The fraction of sp³-hybridized carbons (Fsp3) is 0.0588. The van der Waals surface area contributed by atoms with E-state index in [1.54, 1.807) is 12.1 Å². The molecule has 0 fully saturated rings. The van der Waals surface area contributed by atoms with E-state index in [1.165, 1.54) is 6.92 Å². The lowest BCUT2D eigenvalue weighted by Gasteiger charge is -2.13. The highest BCUT2D eigenvalue weighted by molar-refractivity contribution is 5.98. The number of fused-ring (bicyclic) bond motifs is 1. The Bertz CT molecular complexity index is 885. The molecule has 110 valence electrons. The van der Waals surface area contributed by atoms with E-state index >= 15 is 0 Å². The van der Waals surface area contributed by atoms with Gasteiger partial charge in [0.2, 0.25) is 5.91 Å². The number of hydrogen-bond donors (Lipinski definition) is 2. The molecule has 5 nitrogen and oxygen atoms in total. The Labute approximate surface area is 126 Å². The second-order valence-electron chi connectivity index (χ2n) is 4.81. The predicted octanol–water partition coefficient (Wildman–Crippen LogP) is 2.92. The molecular weight excluding hydrogens is 280 g/mol. The summed E-state index contributed by atoms with van der Waals surface area (Å²) in [6.45, 7) is 1.39. The van der Waals surface area contributed by atoms with Gasteiger partial charge in [-0.15, -0.1) is 0 Å². The van der Waals surface area contributed by atoms with E-state index in [0.717, 1.165) is 10.9 Å². The molecule has 1 amide bonds. The van der Waals surface area contributed by atoms with Crippen molar-refractivity contribution in [2.45, 2.75) is 6.92 Å². The normalized spacial score (nSPS) is 10.4. The summed E-state index contributed by atoms with van der Waals surface area (Å²) >= 11 is 0. The zero-order chi connectivity index (χ0) is 15.5. The van der Waals surface area contributed by atoms with Crippen molar-refractivity contribution in [1.82, 2.24) is 5.43 Å². The fourth-order valence-electron chi connectivity index (χ4n) is 2.30. The first-order chi connectivity index (χ1) is 10.7. The van der Waals surface area contributed by atoms with E-state index in [4.69, 9.17) is 4.42 Å². The third-order valence-electron chi connectivity index (χ3n) is 3.24. The van der Waals surface area contributed by atoms with Crippen LogP contribution in [0.5, 0.6) is 0 Å². The van der Waals surface area contributed by atoms with Crippen LogP contribution in [0.2, 0.25) is 0 Å². The Morgan fingerprint density at radius 1 is 1.00 bits per heavy atom. The zero-order valence-electron chi connectivity index (χ0n) is 11.9. The SMILES string of the molecule is CC(=O)NNc1c(-c2ccccc2)c(=O)oc2ccccc12. The van der Waals surface area contributed by atoms with Crippen molar-refractivity contribution in [2.24, 2.45) is 0 Å². The number of nitrogens with one attached hydrogen (secondary N) is 2. The maximum atomic E-state index is 12.4. The summed E-state index contributed by atoms with van der Waals surface area (Å²) in [6.07, 6.45) is 0. The van der Waals surface area contributed by atoms with Gasteiger partial charge in [-0.05, 0) is 17.7 Å². The Morgan fingerprint density at radius 2 is 1.68 bits per heavy atom. The standard InChI is InChI=1S/C17H14N2O3/c1-11(20)18-19-16-13-9-5-6-10-14(13)22-17(21)15(16)12-7-3-2-4-8-12/h2-10,19H,1H3,(H,18,20). The number of amides is 1. The van der Waals surface area contributed by atoms with Gasteiger partial charge in [-0.2, -0.15) is 0 Å². The van der Waals surface area contributed by atoms with Crippen LogP contribution in [0, 0.1) is 0 Å². The summed E-state index contributed by atoms with van der Waals surface area (Å²) in [5, 5.41) is 0.717. The van der Waals surface area contributed by atoms with Gasteiger partial charge in [0, 0.05) is 12.3 Å². The fourth-order valence-corrected chi connectivity index (χ4v) is 2.30. The average Bonchev–Trinajstić information content (AvgIpc) is 2.53. The Kier molecular flexibility index (Phi) is 3.62. The van der Waals surface area contributed by atoms with Crippen molar-refractivity contribution < 1.29 is 9.21 Å². The molecular formula is C17H14N2O3. The van der Waals surface area contributed by atoms with Crippen molar-refractivity contribution in [2.75, 3.05) is 5.43 Å². The number of hydrogen-bond acceptors (Lipinski definition) is 4. The molecule has 5 heteroatoms. The minimum absolute atomic E-state index is 0.253. The molecule has 0 atom stereocenters. The maximum Gasteiger partial charge on any atom is 0.346 e. The molecule has 0 bridgehead atoms. The molecule has 0 aliphatic carbocycles. The second kappa shape index (κ2) is 5.73. The molecule has 0 saturated heterocycles. The predicted molar refractivity (Wildman–Crippen MR) is 85.4 cm³/mol. The van der Waals surface area contributed by atoms with Crippen molar-refractivity contribution in [3.63, 3.8) is 0 Å². The molecule has 3 aromatic rings. The highest BCUT2D eigenvalue weighted by atomic mass is 16.4. The van der Waals surface area contributed by atoms with Crippen LogP contribution in [0.1, 0.15) is 6.92 Å². The van der Waals surface area contributed by atoms with Crippen molar-refractivity contribution >= 4 is 22.6 Å². The molecule has 2 aromatic carbocycles. The topological polar surface area (TPSA) is 71.3 Å². The summed E-state index contributed by atoms with van der Waals surface area (Å²) in [5.41, 5.74) is 6.98. The lowest BCUT2D eigenvalue weighted by Crippen LogP contribution is -2.28. The smallest absolute Gasteiger partial charge is 0.346 e. The van der Waals surface area contributed by atoms with Crippen molar-refractivity contribution in [3.05, 3.63) is 65.0 Å². The number of anilines is 1. The second-order valence-corrected chi connectivity index (χ2v) is 4.81. The first kappa shape index (κ1) is 13.9. The zero-order valence-corrected chi connectivity index (χ0v) is 11.9. The quantitative estimate of drug-likeness (QED) is 0.575. The molecule has 0 aliphatic heterocycles. The van der Waals surface area contributed by atoms with Gasteiger partial charge in [0.25, 0.3) is 0 Å². The molecule has 0 aliphatic rings. The van der Waals surface area contributed by atoms with Gasteiger partial charge in [0.05, 0.1) is 11.3 Å². The van der Waals surface area contributed by atoms with Crippen molar-refractivity contribution in [3.8, 4) is 11.1 Å². The number of hydrazine groups is 1. The summed E-state index contributed by atoms with van der Waals surface area (Å²) in [6, 6.07) is 16.4. The summed E-state index contributed by atoms with van der Waals surface area (Å²) in [5.74, 6) is -0.253. The van der Waals surface area contributed by atoms with Gasteiger partial charge < -0.3 is 4.42 Å². The maximum absolute atomic E-state index is 12.4. The van der Waals surface area contributed by atoms with Gasteiger partial charge in [-0.25, -0.2) is 4.79 Å². The summed E-state index contributed by atoms with van der Waals surface area (Å²) < 4.78 is 5.39. The minimum Gasteiger partial charge on any atom is -0.422 e. The lowest BCUT2D eigenvalue weighted by atomic mass is 10.0. The third kappa shape index (κ3) is 2.56. The minimum atomic E-state index is -0.460. The van der Waals surface area contributed by atoms with E-state index in [2.05, 4.69) is 10.9 Å². The van der Waals surface area contributed by atoms with Crippen LogP contribution < -0.4 is 16.5 Å². The van der Waals surface area contributed by atoms with Crippen LogP contribution in [0.3, 0.4) is 0 Å². The molecule has 1 aromatic heterocycles. The third-order valence-corrected chi connectivity index (χ3v) is 3.24.